The molecular weight excluding hydrogens is 430 g/mol. The molecule has 8 nitrogen and oxygen atoms in total. The molecule has 0 bridgehead atoms. The number of aryl methyl sites for hydroxylation is 1. The highest BCUT2D eigenvalue weighted by Gasteiger charge is 2.40. The Morgan fingerprint density at radius 1 is 1.26 bits per heavy atom. The standard InChI is InChI=1S/C26H45N5O3/c1-19(28-5)24(33)29-23(26(2,3)4)25(34)31-16-10-14-21(31)18-30(22(32)17-27)15-9-13-20-11-7-6-8-12-20/h6-8,11-12,19,21-23,28,32H,9-10,13-18,27H2,1-5H3,(H,29,33)/t19-,21-,22?,23+/m0/s1. The number of aliphatic hydroxyl groups is 1. The maximum atomic E-state index is 13.7. The maximum Gasteiger partial charge on any atom is 0.245 e. The van der Waals surface area contributed by atoms with E-state index in [1.54, 1.807) is 14.0 Å². The van der Waals surface area contributed by atoms with Crippen LogP contribution in [0.3, 0.4) is 0 Å². The average Bonchev–Trinajstić information content (AvgIpc) is 3.28. The molecule has 1 aliphatic heterocycles. The van der Waals surface area contributed by atoms with E-state index in [4.69, 9.17) is 5.73 Å². The lowest BCUT2D eigenvalue weighted by Crippen LogP contribution is -2.59. The summed E-state index contributed by atoms with van der Waals surface area (Å²) in [5.74, 6) is -0.245. The van der Waals surface area contributed by atoms with Crippen molar-refractivity contribution in [2.24, 2.45) is 11.1 Å². The van der Waals surface area contributed by atoms with Crippen molar-refractivity contribution in [1.82, 2.24) is 20.4 Å². The van der Waals surface area contributed by atoms with E-state index in [2.05, 4.69) is 22.8 Å². The van der Waals surface area contributed by atoms with Crippen LogP contribution >= 0.6 is 0 Å². The predicted octanol–water partition coefficient (Wildman–Crippen LogP) is 1.33. The number of hydrogen-bond donors (Lipinski definition) is 4. The van der Waals surface area contributed by atoms with Gasteiger partial charge in [-0.15, -0.1) is 0 Å². The SMILES string of the molecule is CN[C@@H](C)C(=O)N[C@H](C(=O)N1CCC[C@H]1CN(CCCc1ccccc1)C(O)CN)C(C)(C)C. The van der Waals surface area contributed by atoms with Gasteiger partial charge in [0, 0.05) is 32.2 Å². The zero-order valence-electron chi connectivity index (χ0n) is 21.6. The Bertz CT molecular complexity index is 767. The summed E-state index contributed by atoms with van der Waals surface area (Å²) in [5.41, 5.74) is 6.64. The fourth-order valence-corrected chi connectivity index (χ4v) is 4.44. The van der Waals surface area contributed by atoms with E-state index in [0.717, 1.165) is 25.7 Å². The molecule has 0 spiro atoms. The van der Waals surface area contributed by atoms with Gasteiger partial charge < -0.3 is 26.4 Å². The number of likely N-dealkylation sites (N-methyl/N-ethyl adjacent to an activating group) is 1. The van der Waals surface area contributed by atoms with Crippen LogP contribution in [0.2, 0.25) is 0 Å². The second kappa shape index (κ2) is 13.2. The van der Waals surface area contributed by atoms with Crippen molar-refractivity contribution in [3.63, 3.8) is 0 Å². The highest BCUT2D eigenvalue weighted by atomic mass is 16.3. The number of nitrogens with one attached hydrogen (secondary N) is 2. The monoisotopic (exact) mass is 475 g/mol. The Labute approximate surface area is 205 Å². The van der Waals surface area contributed by atoms with E-state index in [9.17, 15) is 14.7 Å². The topological polar surface area (TPSA) is 111 Å². The molecular formula is C26H45N5O3. The zero-order valence-corrected chi connectivity index (χ0v) is 21.6. The summed E-state index contributed by atoms with van der Waals surface area (Å²) in [6, 6.07) is 9.26. The first-order chi connectivity index (χ1) is 16.1. The van der Waals surface area contributed by atoms with Crippen molar-refractivity contribution < 1.29 is 14.7 Å². The molecule has 5 N–H and O–H groups in total. The van der Waals surface area contributed by atoms with Crippen molar-refractivity contribution in [2.45, 2.75) is 77.7 Å². The normalized spacial score (nSPS) is 19.2. The zero-order chi connectivity index (χ0) is 25.3. The molecule has 0 aliphatic carbocycles. The van der Waals surface area contributed by atoms with Crippen LogP contribution in [0.15, 0.2) is 30.3 Å². The van der Waals surface area contributed by atoms with Gasteiger partial charge in [0.25, 0.3) is 0 Å². The predicted molar refractivity (Wildman–Crippen MR) is 136 cm³/mol. The van der Waals surface area contributed by atoms with E-state index in [1.807, 2.05) is 48.8 Å². The molecule has 8 heteroatoms. The second-order valence-corrected chi connectivity index (χ2v) is 10.4. The van der Waals surface area contributed by atoms with Gasteiger partial charge in [0.1, 0.15) is 12.3 Å². The number of carbonyl (C=O) groups excluding carboxylic acids is 2. The summed E-state index contributed by atoms with van der Waals surface area (Å²) >= 11 is 0. The van der Waals surface area contributed by atoms with E-state index in [0.29, 0.717) is 19.6 Å². The molecule has 192 valence electrons. The molecule has 1 unspecified atom stereocenters. The highest BCUT2D eigenvalue weighted by Crippen LogP contribution is 2.26. The third kappa shape index (κ3) is 8.05. The number of rotatable bonds is 12. The molecule has 1 aromatic carbocycles. The van der Waals surface area contributed by atoms with Crippen LogP contribution in [0.25, 0.3) is 0 Å². The minimum absolute atomic E-state index is 0.0195. The van der Waals surface area contributed by atoms with Gasteiger partial charge in [0.2, 0.25) is 11.8 Å². The molecule has 34 heavy (non-hydrogen) atoms. The first-order valence-corrected chi connectivity index (χ1v) is 12.5. The second-order valence-electron chi connectivity index (χ2n) is 10.4. The molecule has 4 atom stereocenters. The highest BCUT2D eigenvalue weighted by molar-refractivity contribution is 5.90. The van der Waals surface area contributed by atoms with Gasteiger partial charge >= 0.3 is 0 Å². The van der Waals surface area contributed by atoms with Crippen LogP contribution < -0.4 is 16.4 Å². The average molecular weight is 476 g/mol. The van der Waals surface area contributed by atoms with Gasteiger partial charge in [-0.25, -0.2) is 0 Å². The third-order valence-corrected chi connectivity index (χ3v) is 6.72. The van der Waals surface area contributed by atoms with E-state index >= 15 is 0 Å². The first-order valence-electron chi connectivity index (χ1n) is 12.5. The Kier molecular flexibility index (Phi) is 11.0. The minimum Gasteiger partial charge on any atom is -0.377 e. The molecule has 2 amide bonds. The summed E-state index contributed by atoms with van der Waals surface area (Å²) in [6.45, 7) is 9.76. The Balaban J connectivity index is 2.08. The maximum absolute atomic E-state index is 13.7. The van der Waals surface area contributed by atoms with Crippen molar-refractivity contribution in [3.05, 3.63) is 35.9 Å². The smallest absolute Gasteiger partial charge is 0.245 e. The lowest BCUT2D eigenvalue weighted by Gasteiger charge is -2.38. The van der Waals surface area contributed by atoms with Crippen LogP contribution in [-0.2, 0) is 16.0 Å². The van der Waals surface area contributed by atoms with Crippen molar-refractivity contribution in [1.29, 1.82) is 0 Å². The molecule has 1 aliphatic rings. The number of aliphatic hydroxyl groups excluding tert-OH is 1. The molecule has 1 saturated heterocycles. The van der Waals surface area contributed by atoms with E-state index < -0.39 is 17.7 Å². The Morgan fingerprint density at radius 3 is 2.53 bits per heavy atom. The van der Waals surface area contributed by atoms with Crippen LogP contribution in [-0.4, -0.2) is 84.3 Å². The van der Waals surface area contributed by atoms with Gasteiger partial charge in [0.05, 0.1) is 6.04 Å². The summed E-state index contributed by atoms with van der Waals surface area (Å²) in [5, 5.41) is 16.5. The number of nitrogens with zero attached hydrogens (tertiary/aromatic N) is 2. The van der Waals surface area contributed by atoms with E-state index in [1.165, 1.54) is 5.56 Å². The number of likely N-dealkylation sites (tertiary alicyclic amines) is 1. The van der Waals surface area contributed by atoms with Gasteiger partial charge in [-0.3, -0.25) is 14.5 Å². The first kappa shape index (κ1) is 28.2. The number of hydrogen-bond acceptors (Lipinski definition) is 6. The summed E-state index contributed by atoms with van der Waals surface area (Å²) < 4.78 is 0. The van der Waals surface area contributed by atoms with Crippen molar-refractivity contribution in [3.8, 4) is 0 Å². The number of amides is 2. The van der Waals surface area contributed by atoms with Crippen LogP contribution in [0.1, 0.15) is 52.5 Å². The van der Waals surface area contributed by atoms with E-state index in [-0.39, 0.29) is 30.4 Å². The Hall–Kier alpha value is -2.00. The molecule has 0 radical (unpaired) electrons. The summed E-state index contributed by atoms with van der Waals surface area (Å²) in [7, 11) is 1.73. The molecule has 1 fully saturated rings. The lowest BCUT2D eigenvalue weighted by molar-refractivity contribution is -0.141. The Morgan fingerprint density at radius 2 is 1.94 bits per heavy atom. The fourth-order valence-electron chi connectivity index (χ4n) is 4.44. The molecule has 0 aromatic heterocycles. The third-order valence-electron chi connectivity index (χ3n) is 6.72. The van der Waals surface area contributed by atoms with Gasteiger partial charge in [0.15, 0.2) is 0 Å². The van der Waals surface area contributed by atoms with Gasteiger partial charge in [-0.2, -0.15) is 0 Å². The molecule has 1 aromatic rings. The molecule has 1 heterocycles. The summed E-state index contributed by atoms with van der Waals surface area (Å²) in [6.07, 6.45) is 2.84. The quantitative estimate of drug-likeness (QED) is 0.340. The number of benzene rings is 1. The molecule has 2 rings (SSSR count). The lowest BCUT2D eigenvalue weighted by atomic mass is 9.85. The van der Waals surface area contributed by atoms with Crippen LogP contribution in [0.5, 0.6) is 0 Å². The van der Waals surface area contributed by atoms with Gasteiger partial charge in [-0.1, -0.05) is 51.1 Å². The largest absolute Gasteiger partial charge is 0.377 e. The molecule has 0 saturated carbocycles. The van der Waals surface area contributed by atoms with Crippen molar-refractivity contribution >= 4 is 11.8 Å². The summed E-state index contributed by atoms with van der Waals surface area (Å²) in [4.78, 5) is 30.1. The van der Waals surface area contributed by atoms with Gasteiger partial charge in [-0.05, 0) is 50.6 Å². The fraction of sp³-hybridized carbons (Fsp3) is 0.692. The number of nitrogens with two attached hydrogens (primary N) is 1. The van der Waals surface area contributed by atoms with Crippen LogP contribution in [0.4, 0.5) is 0 Å². The minimum atomic E-state index is -0.747. The van der Waals surface area contributed by atoms with Crippen molar-refractivity contribution in [2.75, 3.05) is 33.2 Å². The van der Waals surface area contributed by atoms with Crippen LogP contribution in [0, 0.1) is 5.41 Å². The number of carbonyl (C=O) groups is 2.